The molecule has 0 aliphatic heterocycles. The van der Waals surface area contributed by atoms with Gasteiger partial charge in [-0.2, -0.15) is 0 Å². The Labute approximate surface area is 102 Å². The number of benzene rings is 1. The molecule has 0 aliphatic carbocycles. The molecule has 1 aromatic heterocycles. The maximum Gasteiger partial charge on any atom is 0.148 e. The van der Waals surface area contributed by atoms with Crippen LogP contribution in [0.4, 0.5) is 5.69 Å². The summed E-state index contributed by atoms with van der Waals surface area (Å²) in [7, 11) is 0. The largest absolute Gasteiger partial charge is 0.506 e. The summed E-state index contributed by atoms with van der Waals surface area (Å²) < 4.78 is 0.747. The van der Waals surface area contributed by atoms with Crippen molar-refractivity contribution < 1.29 is 5.11 Å². The molecule has 0 saturated heterocycles. The molecule has 0 unspecified atom stereocenters. The third-order valence-electron chi connectivity index (χ3n) is 2.01. The highest BCUT2D eigenvalue weighted by atomic mass is 79.9. The molecule has 0 radical (unpaired) electrons. The van der Waals surface area contributed by atoms with Crippen LogP contribution < -0.4 is 5.32 Å². The van der Waals surface area contributed by atoms with Crippen LogP contribution in [-0.4, -0.2) is 15.1 Å². The average molecular weight is 280 g/mol. The number of nitrogens with zero attached hydrogens (tertiary/aromatic N) is 2. The molecule has 82 valence electrons. The van der Waals surface area contributed by atoms with Crippen LogP contribution in [0.15, 0.2) is 41.1 Å². The number of aromatic hydroxyl groups is 1. The van der Waals surface area contributed by atoms with Crippen molar-refractivity contribution in [2.45, 2.75) is 6.54 Å². The Morgan fingerprint density at radius 3 is 2.81 bits per heavy atom. The minimum absolute atomic E-state index is 0.220. The predicted octanol–water partition coefficient (Wildman–Crippen LogP) is 2.56. The van der Waals surface area contributed by atoms with E-state index in [1.165, 1.54) is 0 Å². The van der Waals surface area contributed by atoms with Crippen molar-refractivity contribution >= 4 is 21.6 Å². The van der Waals surface area contributed by atoms with Crippen molar-refractivity contribution in [2.24, 2.45) is 0 Å². The van der Waals surface area contributed by atoms with Gasteiger partial charge in [-0.15, -0.1) is 0 Å². The summed E-state index contributed by atoms with van der Waals surface area (Å²) in [5.41, 5.74) is 0.672. The maximum absolute atomic E-state index is 9.53. The van der Waals surface area contributed by atoms with Crippen molar-refractivity contribution in [1.82, 2.24) is 9.97 Å². The number of rotatable bonds is 3. The number of nitrogens with one attached hydrogen (secondary N) is 1. The SMILES string of the molecule is Oc1ccccc1NCc1nccc(Br)n1. The lowest BCUT2D eigenvalue weighted by molar-refractivity contribution is 0.477. The number of aromatic nitrogens is 2. The van der Waals surface area contributed by atoms with Gasteiger partial charge in [-0.25, -0.2) is 9.97 Å². The number of hydrogen-bond acceptors (Lipinski definition) is 4. The molecular formula is C11H10BrN3O. The topological polar surface area (TPSA) is 58.0 Å². The van der Waals surface area contributed by atoms with Gasteiger partial charge in [0.2, 0.25) is 0 Å². The fourth-order valence-corrected chi connectivity index (χ4v) is 1.58. The van der Waals surface area contributed by atoms with E-state index in [-0.39, 0.29) is 5.75 Å². The van der Waals surface area contributed by atoms with Crippen LogP contribution in [0.2, 0.25) is 0 Å². The first-order chi connectivity index (χ1) is 7.75. The molecule has 1 heterocycles. The lowest BCUT2D eigenvalue weighted by atomic mass is 10.3. The first-order valence-electron chi connectivity index (χ1n) is 4.75. The highest BCUT2D eigenvalue weighted by Gasteiger charge is 2.00. The standard InChI is InChI=1S/C11H10BrN3O/c12-10-5-6-13-11(15-10)7-14-8-3-1-2-4-9(8)16/h1-6,14,16H,7H2. The van der Waals surface area contributed by atoms with Crippen LogP contribution in [0.25, 0.3) is 0 Å². The molecular weight excluding hydrogens is 270 g/mol. The van der Waals surface area contributed by atoms with Gasteiger partial charge in [0.05, 0.1) is 12.2 Å². The van der Waals surface area contributed by atoms with E-state index in [0.29, 0.717) is 18.1 Å². The third-order valence-corrected chi connectivity index (χ3v) is 2.45. The van der Waals surface area contributed by atoms with E-state index >= 15 is 0 Å². The first kappa shape index (κ1) is 10.9. The molecule has 0 spiro atoms. The lowest BCUT2D eigenvalue weighted by Gasteiger charge is -2.06. The summed E-state index contributed by atoms with van der Waals surface area (Å²) in [6.45, 7) is 0.469. The lowest BCUT2D eigenvalue weighted by Crippen LogP contribution is -2.04. The normalized spacial score (nSPS) is 10.1. The molecule has 2 aromatic rings. The van der Waals surface area contributed by atoms with Crippen LogP contribution in [0.3, 0.4) is 0 Å². The zero-order valence-corrected chi connectivity index (χ0v) is 9.98. The van der Waals surface area contributed by atoms with Crippen molar-refractivity contribution in [3.8, 4) is 5.75 Å². The molecule has 2 rings (SSSR count). The van der Waals surface area contributed by atoms with Crippen LogP contribution >= 0.6 is 15.9 Å². The Kier molecular flexibility index (Phi) is 3.36. The van der Waals surface area contributed by atoms with Gasteiger partial charge in [0.25, 0.3) is 0 Å². The van der Waals surface area contributed by atoms with E-state index in [2.05, 4.69) is 31.2 Å². The third kappa shape index (κ3) is 2.70. The second-order valence-electron chi connectivity index (χ2n) is 3.17. The highest BCUT2D eigenvalue weighted by molar-refractivity contribution is 9.10. The zero-order chi connectivity index (χ0) is 11.4. The molecule has 0 atom stereocenters. The van der Waals surface area contributed by atoms with Gasteiger partial charge in [0, 0.05) is 6.20 Å². The first-order valence-corrected chi connectivity index (χ1v) is 5.54. The van der Waals surface area contributed by atoms with Gasteiger partial charge in [-0.3, -0.25) is 0 Å². The molecule has 0 amide bonds. The number of para-hydroxylation sites is 2. The van der Waals surface area contributed by atoms with Crippen LogP contribution in [0.5, 0.6) is 5.75 Å². The summed E-state index contributed by atoms with van der Waals surface area (Å²) in [6, 6.07) is 8.82. The van der Waals surface area contributed by atoms with Gasteiger partial charge >= 0.3 is 0 Å². The second-order valence-corrected chi connectivity index (χ2v) is 3.98. The molecule has 2 N–H and O–H groups in total. The molecule has 1 aromatic carbocycles. The molecule has 0 fully saturated rings. The molecule has 0 aliphatic rings. The van der Waals surface area contributed by atoms with E-state index < -0.39 is 0 Å². The molecule has 5 heteroatoms. The number of phenolic OH excluding ortho intramolecular Hbond substituents is 1. The van der Waals surface area contributed by atoms with Crippen molar-refractivity contribution in [2.75, 3.05) is 5.32 Å². The molecule has 16 heavy (non-hydrogen) atoms. The van der Waals surface area contributed by atoms with Gasteiger partial charge < -0.3 is 10.4 Å². The molecule has 4 nitrogen and oxygen atoms in total. The Balaban J connectivity index is 2.05. The fourth-order valence-electron chi connectivity index (χ4n) is 1.26. The Morgan fingerprint density at radius 1 is 1.25 bits per heavy atom. The van der Waals surface area contributed by atoms with Crippen LogP contribution in [0.1, 0.15) is 5.82 Å². The van der Waals surface area contributed by atoms with E-state index in [9.17, 15) is 5.11 Å². The highest BCUT2D eigenvalue weighted by Crippen LogP contribution is 2.21. The number of halogens is 1. The van der Waals surface area contributed by atoms with Gasteiger partial charge in [-0.05, 0) is 34.1 Å². The number of anilines is 1. The summed E-state index contributed by atoms with van der Waals surface area (Å²) in [5, 5.41) is 12.6. The van der Waals surface area contributed by atoms with E-state index in [0.717, 1.165) is 4.60 Å². The fraction of sp³-hybridized carbons (Fsp3) is 0.0909. The number of phenols is 1. The summed E-state index contributed by atoms with van der Waals surface area (Å²) in [5.74, 6) is 0.884. The molecule has 0 saturated carbocycles. The van der Waals surface area contributed by atoms with Gasteiger partial charge in [0.15, 0.2) is 0 Å². The minimum Gasteiger partial charge on any atom is -0.506 e. The van der Waals surface area contributed by atoms with Crippen LogP contribution in [0, 0.1) is 0 Å². The maximum atomic E-state index is 9.53. The average Bonchev–Trinajstić information content (AvgIpc) is 2.28. The Hall–Kier alpha value is -1.62. The second kappa shape index (κ2) is 4.94. The van der Waals surface area contributed by atoms with Crippen molar-refractivity contribution in [1.29, 1.82) is 0 Å². The zero-order valence-electron chi connectivity index (χ0n) is 8.39. The quantitative estimate of drug-likeness (QED) is 0.670. The summed E-state index contributed by atoms with van der Waals surface area (Å²) >= 11 is 3.27. The Bertz CT molecular complexity index is 490. The Morgan fingerprint density at radius 2 is 2.06 bits per heavy atom. The van der Waals surface area contributed by atoms with E-state index in [1.54, 1.807) is 30.5 Å². The summed E-state index contributed by atoms with van der Waals surface area (Å²) in [4.78, 5) is 8.28. The molecule has 0 bridgehead atoms. The van der Waals surface area contributed by atoms with E-state index in [4.69, 9.17) is 0 Å². The van der Waals surface area contributed by atoms with Crippen molar-refractivity contribution in [3.05, 3.63) is 47.0 Å². The predicted molar refractivity (Wildman–Crippen MR) is 65.2 cm³/mol. The monoisotopic (exact) mass is 279 g/mol. The summed E-state index contributed by atoms with van der Waals surface area (Å²) in [6.07, 6.45) is 1.68. The smallest absolute Gasteiger partial charge is 0.148 e. The van der Waals surface area contributed by atoms with Crippen LogP contribution in [-0.2, 0) is 6.54 Å². The minimum atomic E-state index is 0.220. The number of hydrogen-bond donors (Lipinski definition) is 2. The van der Waals surface area contributed by atoms with Gasteiger partial charge in [0.1, 0.15) is 16.2 Å². The van der Waals surface area contributed by atoms with Crippen molar-refractivity contribution in [3.63, 3.8) is 0 Å². The van der Waals surface area contributed by atoms with Gasteiger partial charge in [-0.1, -0.05) is 12.1 Å². The van der Waals surface area contributed by atoms with E-state index in [1.807, 2.05) is 6.07 Å².